The van der Waals surface area contributed by atoms with Gasteiger partial charge < -0.3 is 9.64 Å². The normalized spacial score (nSPS) is 15.0. The maximum atomic E-state index is 12.6. The second-order valence-corrected chi connectivity index (χ2v) is 5.04. The zero-order chi connectivity index (χ0) is 14.1. The first-order valence-corrected chi connectivity index (χ1v) is 7.12. The number of ether oxygens (including phenoxy) is 1. The Bertz CT molecular complexity index is 642. The van der Waals surface area contributed by atoms with E-state index in [-0.39, 0.29) is 5.91 Å². The number of imidazole rings is 1. The Balaban J connectivity index is 2.08. The van der Waals surface area contributed by atoms with Gasteiger partial charge in [0.15, 0.2) is 11.4 Å². The summed E-state index contributed by atoms with van der Waals surface area (Å²) < 4.78 is 7.43. The van der Waals surface area contributed by atoms with Crippen molar-refractivity contribution >= 4 is 11.6 Å². The number of rotatable bonds is 3. The summed E-state index contributed by atoms with van der Waals surface area (Å²) in [7, 11) is 0. The molecular formula is C15H19N3O2. The number of fused-ring (bicyclic) bond motifs is 1. The molecule has 106 valence electrons. The highest BCUT2D eigenvalue weighted by atomic mass is 16.5. The fraction of sp³-hybridized carbons (Fsp3) is 0.467. The summed E-state index contributed by atoms with van der Waals surface area (Å²) in [5.74, 6) is 0.791. The second kappa shape index (κ2) is 5.15. The van der Waals surface area contributed by atoms with Gasteiger partial charge in [-0.25, -0.2) is 4.98 Å². The molecule has 0 atom stereocenters. The molecule has 0 saturated carbocycles. The van der Waals surface area contributed by atoms with Crippen molar-refractivity contribution in [2.45, 2.75) is 26.7 Å². The molecule has 0 aliphatic carbocycles. The maximum Gasteiger partial charge on any atom is 0.272 e. The standard InChI is InChI=1S/C15H19N3O2/c1-3-20-12-7-6-10-18-13(11(2)16-14(12)18)15(19)17-8-4-5-9-17/h6-7,10H,3-5,8-9H2,1-2H3. The van der Waals surface area contributed by atoms with E-state index in [4.69, 9.17) is 4.74 Å². The number of aromatic nitrogens is 2. The third kappa shape index (κ3) is 2.03. The average Bonchev–Trinajstić information content (AvgIpc) is 3.06. The number of pyridine rings is 1. The van der Waals surface area contributed by atoms with Gasteiger partial charge in [-0.2, -0.15) is 0 Å². The topological polar surface area (TPSA) is 46.8 Å². The molecule has 0 aromatic carbocycles. The first kappa shape index (κ1) is 13.0. The summed E-state index contributed by atoms with van der Waals surface area (Å²) in [5, 5.41) is 0. The Morgan fingerprint density at radius 1 is 1.40 bits per heavy atom. The van der Waals surface area contributed by atoms with E-state index in [1.54, 1.807) is 0 Å². The minimum Gasteiger partial charge on any atom is -0.490 e. The highest BCUT2D eigenvalue weighted by Gasteiger charge is 2.25. The van der Waals surface area contributed by atoms with Crippen LogP contribution in [0.15, 0.2) is 18.3 Å². The van der Waals surface area contributed by atoms with E-state index < -0.39 is 0 Å². The van der Waals surface area contributed by atoms with Gasteiger partial charge in [0.2, 0.25) is 0 Å². The van der Waals surface area contributed by atoms with Crippen LogP contribution in [0.5, 0.6) is 5.75 Å². The number of carbonyl (C=O) groups is 1. The lowest BCUT2D eigenvalue weighted by Gasteiger charge is -2.15. The van der Waals surface area contributed by atoms with Crippen molar-refractivity contribution in [3.8, 4) is 5.75 Å². The summed E-state index contributed by atoms with van der Waals surface area (Å²) in [6.07, 6.45) is 4.05. The van der Waals surface area contributed by atoms with Gasteiger partial charge in [0.05, 0.1) is 12.3 Å². The van der Waals surface area contributed by atoms with Crippen LogP contribution in [0, 0.1) is 6.92 Å². The third-order valence-electron chi connectivity index (χ3n) is 3.68. The van der Waals surface area contributed by atoms with Gasteiger partial charge in [-0.3, -0.25) is 9.20 Å². The smallest absolute Gasteiger partial charge is 0.272 e. The van der Waals surface area contributed by atoms with Crippen molar-refractivity contribution in [3.05, 3.63) is 29.7 Å². The molecule has 0 radical (unpaired) electrons. The van der Waals surface area contributed by atoms with E-state index >= 15 is 0 Å². The van der Waals surface area contributed by atoms with Gasteiger partial charge in [-0.15, -0.1) is 0 Å². The number of aryl methyl sites for hydroxylation is 1. The van der Waals surface area contributed by atoms with Crippen LogP contribution in [0.3, 0.4) is 0 Å². The molecule has 5 nitrogen and oxygen atoms in total. The molecule has 20 heavy (non-hydrogen) atoms. The molecule has 2 aromatic heterocycles. The molecule has 1 aliphatic heterocycles. The van der Waals surface area contributed by atoms with Gasteiger partial charge in [0, 0.05) is 19.3 Å². The van der Waals surface area contributed by atoms with Crippen LogP contribution in [0.1, 0.15) is 35.9 Å². The number of nitrogens with zero attached hydrogens (tertiary/aromatic N) is 3. The van der Waals surface area contributed by atoms with Gasteiger partial charge in [-0.1, -0.05) is 0 Å². The molecular weight excluding hydrogens is 254 g/mol. The predicted molar refractivity (Wildman–Crippen MR) is 76.2 cm³/mol. The molecule has 1 saturated heterocycles. The van der Waals surface area contributed by atoms with Crippen LogP contribution in [0.25, 0.3) is 5.65 Å². The predicted octanol–water partition coefficient (Wildman–Crippen LogP) is 2.28. The van der Waals surface area contributed by atoms with Crippen molar-refractivity contribution in [2.75, 3.05) is 19.7 Å². The molecule has 0 N–H and O–H groups in total. The van der Waals surface area contributed by atoms with Gasteiger partial charge in [0.25, 0.3) is 5.91 Å². The number of amides is 1. The second-order valence-electron chi connectivity index (χ2n) is 5.04. The minimum absolute atomic E-state index is 0.0705. The molecule has 3 heterocycles. The quantitative estimate of drug-likeness (QED) is 0.862. The van der Waals surface area contributed by atoms with Gasteiger partial charge in [-0.05, 0) is 38.8 Å². The third-order valence-corrected chi connectivity index (χ3v) is 3.68. The minimum atomic E-state index is 0.0705. The fourth-order valence-corrected chi connectivity index (χ4v) is 2.75. The lowest BCUT2D eigenvalue weighted by molar-refractivity contribution is 0.0785. The SMILES string of the molecule is CCOc1cccn2c(C(=O)N3CCCC3)c(C)nc12. The zero-order valence-corrected chi connectivity index (χ0v) is 11.9. The first-order chi connectivity index (χ1) is 9.72. The van der Waals surface area contributed by atoms with Crippen LogP contribution in [0.4, 0.5) is 0 Å². The average molecular weight is 273 g/mol. The molecule has 2 aromatic rings. The van der Waals surface area contributed by atoms with E-state index in [1.807, 2.05) is 41.5 Å². The van der Waals surface area contributed by atoms with Gasteiger partial charge >= 0.3 is 0 Å². The fourth-order valence-electron chi connectivity index (χ4n) is 2.75. The van der Waals surface area contributed by atoms with E-state index in [0.717, 1.165) is 43.0 Å². The van der Waals surface area contributed by atoms with Crippen molar-refractivity contribution in [1.82, 2.24) is 14.3 Å². The van der Waals surface area contributed by atoms with Crippen LogP contribution < -0.4 is 4.74 Å². The Morgan fingerprint density at radius 3 is 2.85 bits per heavy atom. The summed E-state index contributed by atoms with van der Waals surface area (Å²) in [6, 6.07) is 3.77. The molecule has 0 unspecified atom stereocenters. The van der Waals surface area contributed by atoms with Crippen LogP contribution >= 0.6 is 0 Å². The lowest BCUT2D eigenvalue weighted by atomic mass is 10.3. The molecule has 0 bridgehead atoms. The van der Waals surface area contributed by atoms with Crippen molar-refractivity contribution in [3.63, 3.8) is 0 Å². The maximum absolute atomic E-state index is 12.6. The van der Waals surface area contributed by atoms with E-state index in [0.29, 0.717) is 12.3 Å². The Morgan fingerprint density at radius 2 is 2.15 bits per heavy atom. The molecule has 1 fully saturated rings. The van der Waals surface area contributed by atoms with Crippen LogP contribution in [-0.2, 0) is 0 Å². The number of hydrogen-bond donors (Lipinski definition) is 0. The lowest BCUT2D eigenvalue weighted by Crippen LogP contribution is -2.29. The summed E-state index contributed by atoms with van der Waals surface area (Å²) >= 11 is 0. The van der Waals surface area contributed by atoms with Crippen LogP contribution in [0.2, 0.25) is 0 Å². The van der Waals surface area contributed by atoms with Crippen molar-refractivity contribution in [2.24, 2.45) is 0 Å². The Labute approximate surface area is 118 Å². The Hall–Kier alpha value is -2.04. The molecule has 5 heteroatoms. The highest BCUT2D eigenvalue weighted by Crippen LogP contribution is 2.23. The molecule has 1 amide bonds. The highest BCUT2D eigenvalue weighted by molar-refractivity contribution is 5.95. The molecule has 0 spiro atoms. The molecule has 3 rings (SSSR count). The van der Waals surface area contributed by atoms with E-state index in [9.17, 15) is 4.79 Å². The van der Waals surface area contributed by atoms with E-state index in [1.165, 1.54) is 0 Å². The van der Waals surface area contributed by atoms with Crippen molar-refractivity contribution < 1.29 is 9.53 Å². The summed E-state index contributed by atoms with van der Waals surface area (Å²) in [6.45, 7) is 6.09. The summed E-state index contributed by atoms with van der Waals surface area (Å²) in [5.41, 5.74) is 2.13. The molecule has 1 aliphatic rings. The Kier molecular flexibility index (Phi) is 3.34. The zero-order valence-electron chi connectivity index (χ0n) is 11.9. The van der Waals surface area contributed by atoms with E-state index in [2.05, 4.69) is 4.98 Å². The summed E-state index contributed by atoms with van der Waals surface area (Å²) in [4.78, 5) is 19.1. The van der Waals surface area contributed by atoms with Crippen LogP contribution in [-0.4, -0.2) is 39.9 Å². The monoisotopic (exact) mass is 273 g/mol. The largest absolute Gasteiger partial charge is 0.490 e. The number of likely N-dealkylation sites (tertiary alicyclic amines) is 1. The number of carbonyl (C=O) groups excluding carboxylic acids is 1. The number of hydrogen-bond acceptors (Lipinski definition) is 3. The first-order valence-electron chi connectivity index (χ1n) is 7.12. The van der Waals surface area contributed by atoms with Gasteiger partial charge in [0.1, 0.15) is 5.69 Å². The van der Waals surface area contributed by atoms with Crippen molar-refractivity contribution in [1.29, 1.82) is 0 Å².